The third-order valence-electron chi connectivity index (χ3n) is 4.57. The highest BCUT2D eigenvalue weighted by molar-refractivity contribution is 7.89. The molecule has 2 aromatic rings. The molecule has 6 heteroatoms. The van der Waals surface area contributed by atoms with Crippen LogP contribution in [0.25, 0.3) is 0 Å². The minimum atomic E-state index is -3.70. The van der Waals surface area contributed by atoms with Gasteiger partial charge in [-0.15, -0.1) is 0 Å². The largest absolute Gasteiger partial charge is 0.349 e. The monoisotopic (exact) mass is 344 g/mol. The Hall–Kier alpha value is -2.18. The van der Waals surface area contributed by atoms with Crippen molar-refractivity contribution in [2.75, 3.05) is 0 Å². The van der Waals surface area contributed by atoms with Gasteiger partial charge >= 0.3 is 0 Å². The number of nitrogens with two attached hydrogens (primary N) is 1. The Kier molecular flexibility index (Phi) is 4.19. The van der Waals surface area contributed by atoms with Gasteiger partial charge in [-0.25, -0.2) is 13.6 Å². The van der Waals surface area contributed by atoms with E-state index in [2.05, 4.69) is 5.32 Å². The standard InChI is InChI=1S/C18H20N2O3S/c1-13(14-7-9-16(10-8-14)24(19,22)23)20-17(21)18(11-12-18)15-5-3-2-4-6-15/h2-10,13H,11-12H2,1H3,(H,20,21)(H2,19,22,23)/t13-/m0/s1. The first-order valence-corrected chi connectivity index (χ1v) is 9.37. The van der Waals surface area contributed by atoms with Crippen LogP contribution < -0.4 is 10.5 Å². The Labute approximate surface area is 141 Å². The minimum Gasteiger partial charge on any atom is -0.349 e. The summed E-state index contributed by atoms with van der Waals surface area (Å²) in [7, 11) is -3.70. The number of hydrogen-bond acceptors (Lipinski definition) is 3. The van der Waals surface area contributed by atoms with Crippen LogP contribution in [0, 0.1) is 0 Å². The molecular weight excluding hydrogens is 324 g/mol. The molecule has 3 N–H and O–H groups in total. The number of carbonyl (C=O) groups is 1. The Morgan fingerprint density at radius 2 is 1.67 bits per heavy atom. The van der Waals surface area contributed by atoms with Gasteiger partial charge in [-0.2, -0.15) is 0 Å². The zero-order chi connectivity index (χ0) is 17.4. The lowest BCUT2D eigenvalue weighted by Crippen LogP contribution is -2.36. The van der Waals surface area contributed by atoms with E-state index >= 15 is 0 Å². The molecule has 1 aliphatic rings. The van der Waals surface area contributed by atoms with Gasteiger partial charge in [-0.3, -0.25) is 4.79 Å². The molecule has 0 heterocycles. The third-order valence-corrected chi connectivity index (χ3v) is 5.50. The van der Waals surface area contributed by atoms with Gasteiger partial charge in [0.05, 0.1) is 16.4 Å². The summed E-state index contributed by atoms with van der Waals surface area (Å²) in [5.74, 6) is 0.0109. The highest BCUT2D eigenvalue weighted by atomic mass is 32.2. The van der Waals surface area contributed by atoms with Crippen LogP contribution in [0.4, 0.5) is 0 Å². The molecule has 0 aromatic heterocycles. The lowest BCUT2D eigenvalue weighted by molar-refractivity contribution is -0.124. The molecule has 2 aromatic carbocycles. The van der Waals surface area contributed by atoms with E-state index in [-0.39, 0.29) is 16.8 Å². The fourth-order valence-electron chi connectivity index (χ4n) is 2.89. The molecule has 0 saturated heterocycles. The summed E-state index contributed by atoms with van der Waals surface area (Å²) in [5, 5.41) is 8.13. The molecule has 5 nitrogen and oxygen atoms in total. The summed E-state index contributed by atoms with van der Waals surface area (Å²) in [6, 6.07) is 15.8. The predicted octanol–water partition coefficient (Wildman–Crippen LogP) is 2.24. The lowest BCUT2D eigenvalue weighted by Gasteiger charge is -2.20. The first-order valence-electron chi connectivity index (χ1n) is 7.82. The Balaban J connectivity index is 1.73. The van der Waals surface area contributed by atoms with Crippen molar-refractivity contribution in [1.29, 1.82) is 0 Å². The number of hydrogen-bond donors (Lipinski definition) is 2. The number of carbonyl (C=O) groups excluding carboxylic acids is 1. The van der Waals surface area contributed by atoms with Crippen molar-refractivity contribution in [2.45, 2.75) is 36.1 Å². The quantitative estimate of drug-likeness (QED) is 0.872. The summed E-state index contributed by atoms with van der Waals surface area (Å²) in [5.41, 5.74) is 1.45. The molecule has 0 radical (unpaired) electrons. The van der Waals surface area contributed by atoms with Gasteiger partial charge in [0.2, 0.25) is 15.9 Å². The van der Waals surface area contributed by atoms with Crippen LogP contribution in [-0.2, 0) is 20.2 Å². The molecular formula is C18H20N2O3S. The van der Waals surface area contributed by atoms with E-state index < -0.39 is 15.4 Å². The van der Waals surface area contributed by atoms with Gasteiger partial charge in [0.1, 0.15) is 0 Å². The van der Waals surface area contributed by atoms with E-state index in [1.54, 1.807) is 12.1 Å². The van der Waals surface area contributed by atoms with E-state index in [0.29, 0.717) is 0 Å². The van der Waals surface area contributed by atoms with Gasteiger partial charge in [0, 0.05) is 0 Å². The molecule has 1 fully saturated rings. The van der Waals surface area contributed by atoms with Gasteiger partial charge in [-0.1, -0.05) is 42.5 Å². The maximum absolute atomic E-state index is 12.7. The molecule has 24 heavy (non-hydrogen) atoms. The van der Waals surface area contributed by atoms with Crippen LogP contribution in [-0.4, -0.2) is 14.3 Å². The first kappa shape index (κ1) is 16.7. The lowest BCUT2D eigenvalue weighted by atomic mass is 9.94. The zero-order valence-corrected chi connectivity index (χ0v) is 14.2. The van der Waals surface area contributed by atoms with Crippen molar-refractivity contribution < 1.29 is 13.2 Å². The third kappa shape index (κ3) is 3.20. The molecule has 0 spiro atoms. The molecule has 1 aliphatic carbocycles. The van der Waals surface area contributed by atoms with E-state index in [0.717, 1.165) is 24.0 Å². The fraction of sp³-hybridized carbons (Fsp3) is 0.278. The number of primary sulfonamides is 1. The van der Waals surface area contributed by atoms with Crippen molar-refractivity contribution >= 4 is 15.9 Å². The van der Waals surface area contributed by atoms with Gasteiger partial charge in [0.25, 0.3) is 0 Å². The average Bonchev–Trinajstić information content (AvgIpc) is 3.37. The number of amides is 1. The van der Waals surface area contributed by atoms with Crippen LogP contribution in [0.15, 0.2) is 59.5 Å². The second-order valence-electron chi connectivity index (χ2n) is 6.26. The van der Waals surface area contributed by atoms with Crippen molar-refractivity contribution in [3.63, 3.8) is 0 Å². The summed E-state index contributed by atoms with van der Waals surface area (Å²) in [6.07, 6.45) is 1.69. The van der Waals surface area contributed by atoms with Crippen molar-refractivity contribution in [2.24, 2.45) is 5.14 Å². The maximum Gasteiger partial charge on any atom is 0.238 e. The molecule has 0 bridgehead atoms. The van der Waals surface area contributed by atoms with Crippen LogP contribution in [0.5, 0.6) is 0 Å². The smallest absolute Gasteiger partial charge is 0.238 e. The number of benzene rings is 2. The molecule has 3 rings (SSSR count). The Morgan fingerprint density at radius 1 is 1.08 bits per heavy atom. The Morgan fingerprint density at radius 3 is 2.17 bits per heavy atom. The molecule has 1 atom stereocenters. The average molecular weight is 344 g/mol. The summed E-state index contributed by atoms with van der Waals surface area (Å²) >= 11 is 0. The maximum atomic E-state index is 12.7. The molecule has 0 aliphatic heterocycles. The van der Waals surface area contributed by atoms with Crippen molar-refractivity contribution in [1.82, 2.24) is 5.32 Å². The minimum absolute atomic E-state index is 0.0109. The molecule has 126 valence electrons. The zero-order valence-electron chi connectivity index (χ0n) is 13.4. The number of nitrogens with one attached hydrogen (secondary N) is 1. The number of sulfonamides is 1. The van der Waals surface area contributed by atoms with E-state index in [9.17, 15) is 13.2 Å². The van der Waals surface area contributed by atoms with Gasteiger partial charge in [-0.05, 0) is 43.0 Å². The predicted molar refractivity (Wildman–Crippen MR) is 91.7 cm³/mol. The van der Waals surface area contributed by atoms with Crippen molar-refractivity contribution in [3.8, 4) is 0 Å². The summed E-state index contributed by atoms with van der Waals surface area (Å²) < 4.78 is 22.6. The molecule has 0 unspecified atom stereocenters. The first-order chi connectivity index (χ1) is 11.3. The van der Waals surface area contributed by atoms with Gasteiger partial charge < -0.3 is 5.32 Å². The highest BCUT2D eigenvalue weighted by Gasteiger charge is 2.51. The van der Waals surface area contributed by atoms with Gasteiger partial charge in [0.15, 0.2) is 0 Å². The molecule has 1 saturated carbocycles. The van der Waals surface area contributed by atoms with E-state index in [1.807, 2.05) is 37.3 Å². The topological polar surface area (TPSA) is 89.3 Å². The summed E-state index contributed by atoms with van der Waals surface area (Å²) in [4.78, 5) is 12.8. The van der Waals surface area contributed by atoms with Crippen molar-refractivity contribution in [3.05, 3.63) is 65.7 Å². The van der Waals surface area contributed by atoms with Crippen LogP contribution in [0.1, 0.15) is 36.9 Å². The van der Waals surface area contributed by atoms with Crippen LogP contribution >= 0.6 is 0 Å². The normalized spacial score (nSPS) is 17.1. The van der Waals surface area contributed by atoms with E-state index in [1.165, 1.54) is 12.1 Å². The number of rotatable bonds is 5. The van der Waals surface area contributed by atoms with Crippen LogP contribution in [0.3, 0.4) is 0 Å². The second kappa shape index (κ2) is 6.03. The second-order valence-corrected chi connectivity index (χ2v) is 7.82. The molecule has 1 amide bonds. The van der Waals surface area contributed by atoms with Crippen LogP contribution in [0.2, 0.25) is 0 Å². The highest BCUT2D eigenvalue weighted by Crippen LogP contribution is 2.48. The van der Waals surface area contributed by atoms with E-state index in [4.69, 9.17) is 5.14 Å². The summed E-state index contributed by atoms with van der Waals surface area (Å²) in [6.45, 7) is 1.88. The SMILES string of the molecule is C[C@H](NC(=O)C1(c2ccccc2)CC1)c1ccc(S(N)(=O)=O)cc1. The fourth-order valence-corrected chi connectivity index (χ4v) is 3.41. The Bertz CT molecular complexity index is 842.